The molecule has 1 amide bonds. The molecule has 3 rings (SSSR count). The van der Waals surface area contributed by atoms with Crippen molar-refractivity contribution < 1.29 is 13.2 Å². The lowest BCUT2D eigenvalue weighted by atomic mass is 10.1. The molecule has 0 spiro atoms. The zero-order valence-electron chi connectivity index (χ0n) is 17.1. The van der Waals surface area contributed by atoms with Crippen LogP contribution in [0, 0.1) is 0 Å². The number of benzene rings is 2. The molecule has 1 saturated heterocycles. The van der Waals surface area contributed by atoms with E-state index in [1.807, 2.05) is 12.1 Å². The van der Waals surface area contributed by atoms with E-state index in [0.717, 1.165) is 16.4 Å². The van der Waals surface area contributed by atoms with Crippen molar-refractivity contribution in [3.8, 4) is 0 Å². The normalized spacial score (nSPS) is 15.4. The molecular weight excluding hydrogens is 386 g/mol. The fourth-order valence-corrected chi connectivity index (χ4v) is 4.31. The summed E-state index contributed by atoms with van der Waals surface area (Å²) in [5, 5.41) is 2.89. The molecule has 1 aliphatic rings. The topological polar surface area (TPSA) is 69.7 Å². The molecule has 2 aromatic rings. The summed E-state index contributed by atoms with van der Waals surface area (Å²) in [6, 6.07) is 14.3. The van der Waals surface area contributed by atoms with Crippen LogP contribution in [-0.4, -0.2) is 50.7 Å². The number of carbonyl (C=O) groups is 1. The van der Waals surface area contributed by atoms with Gasteiger partial charge in [0.2, 0.25) is 10.0 Å². The highest BCUT2D eigenvalue weighted by atomic mass is 32.2. The summed E-state index contributed by atoms with van der Waals surface area (Å²) in [5.74, 6) is -0.226. The van der Waals surface area contributed by atoms with Crippen LogP contribution in [0.15, 0.2) is 53.4 Å². The second kappa shape index (κ2) is 9.52. The Balaban J connectivity index is 1.53. The summed E-state index contributed by atoms with van der Waals surface area (Å²) in [4.78, 5) is 15.0. The lowest BCUT2D eigenvalue weighted by Crippen LogP contribution is -2.29. The van der Waals surface area contributed by atoms with E-state index in [1.54, 1.807) is 0 Å². The minimum Gasteiger partial charge on any atom is -0.348 e. The predicted octanol–water partition coefficient (Wildman–Crippen LogP) is 2.85. The Morgan fingerprint density at radius 2 is 1.52 bits per heavy atom. The standard InChI is InChI=1S/C22H29N3O3S/c1-24(2)29(27,28)21-12-10-20(11-13-21)22(26)23-16-18-6-8-19(9-7-18)17-25-14-4-3-5-15-25/h6-13H,3-5,14-17H2,1-2H3,(H,23,26). The van der Waals surface area contributed by atoms with Crippen LogP contribution < -0.4 is 5.32 Å². The number of sulfonamides is 1. The first kappa shape index (κ1) is 21.5. The number of piperidine rings is 1. The molecule has 1 heterocycles. The Morgan fingerprint density at radius 3 is 2.10 bits per heavy atom. The molecule has 6 nitrogen and oxygen atoms in total. The number of nitrogens with one attached hydrogen (secondary N) is 1. The van der Waals surface area contributed by atoms with Gasteiger partial charge in [-0.1, -0.05) is 30.7 Å². The molecule has 1 fully saturated rings. The highest BCUT2D eigenvalue weighted by Gasteiger charge is 2.17. The Bertz CT molecular complexity index is 917. The van der Waals surface area contributed by atoms with Crippen molar-refractivity contribution in [3.63, 3.8) is 0 Å². The average Bonchev–Trinajstić information content (AvgIpc) is 2.74. The molecule has 0 saturated carbocycles. The first-order valence-electron chi connectivity index (χ1n) is 9.97. The van der Waals surface area contributed by atoms with E-state index >= 15 is 0 Å². The van der Waals surface area contributed by atoms with Crippen molar-refractivity contribution in [3.05, 3.63) is 65.2 Å². The second-order valence-electron chi connectivity index (χ2n) is 7.65. The average molecular weight is 416 g/mol. The van der Waals surface area contributed by atoms with Crippen LogP contribution in [0.1, 0.15) is 40.7 Å². The van der Waals surface area contributed by atoms with E-state index in [9.17, 15) is 13.2 Å². The van der Waals surface area contributed by atoms with Gasteiger partial charge in [-0.3, -0.25) is 9.69 Å². The smallest absolute Gasteiger partial charge is 0.251 e. The van der Waals surface area contributed by atoms with Gasteiger partial charge >= 0.3 is 0 Å². The van der Waals surface area contributed by atoms with Crippen LogP contribution in [0.5, 0.6) is 0 Å². The van der Waals surface area contributed by atoms with Gasteiger partial charge in [-0.05, 0) is 61.3 Å². The van der Waals surface area contributed by atoms with Gasteiger partial charge < -0.3 is 5.32 Å². The number of likely N-dealkylation sites (tertiary alicyclic amines) is 1. The number of carbonyl (C=O) groups excluding carboxylic acids is 1. The molecule has 0 aromatic heterocycles. The molecular formula is C22H29N3O3S. The lowest BCUT2D eigenvalue weighted by Gasteiger charge is -2.26. The van der Waals surface area contributed by atoms with Gasteiger partial charge in [-0.15, -0.1) is 0 Å². The maximum atomic E-state index is 12.4. The van der Waals surface area contributed by atoms with Gasteiger partial charge in [0, 0.05) is 32.7 Å². The van der Waals surface area contributed by atoms with E-state index in [1.165, 1.54) is 76.3 Å². The Labute approximate surface area is 173 Å². The highest BCUT2D eigenvalue weighted by molar-refractivity contribution is 7.89. The first-order valence-corrected chi connectivity index (χ1v) is 11.4. The highest BCUT2D eigenvalue weighted by Crippen LogP contribution is 2.15. The summed E-state index contributed by atoms with van der Waals surface area (Å²) in [7, 11) is -0.532. The van der Waals surface area contributed by atoms with Crippen molar-refractivity contribution in [2.45, 2.75) is 37.2 Å². The summed E-state index contributed by atoms with van der Waals surface area (Å²) >= 11 is 0. The number of hydrogen-bond acceptors (Lipinski definition) is 4. The van der Waals surface area contributed by atoms with Gasteiger partial charge in [0.05, 0.1) is 4.90 Å². The fourth-order valence-electron chi connectivity index (χ4n) is 3.41. The van der Waals surface area contributed by atoms with Crippen molar-refractivity contribution in [1.82, 2.24) is 14.5 Å². The molecule has 0 unspecified atom stereocenters. The van der Waals surface area contributed by atoms with Crippen molar-refractivity contribution >= 4 is 15.9 Å². The largest absolute Gasteiger partial charge is 0.348 e. The maximum Gasteiger partial charge on any atom is 0.251 e. The van der Waals surface area contributed by atoms with Gasteiger partial charge in [-0.2, -0.15) is 0 Å². The molecule has 1 N–H and O–H groups in total. The number of rotatable bonds is 7. The summed E-state index contributed by atoms with van der Waals surface area (Å²) in [5.41, 5.74) is 2.76. The molecule has 0 aliphatic carbocycles. The molecule has 0 bridgehead atoms. The third-order valence-corrected chi connectivity index (χ3v) is 7.06. The number of nitrogens with zero attached hydrogens (tertiary/aromatic N) is 2. The maximum absolute atomic E-state index is 12.4. The molecule has 156 valence electrons. The monoisotopic (exact) mass is 415 g/mol. The minimum absolute atomic E-state index is 0.170. The van der Waals surface area contributed by atoms with Crippen molar-refractivity contribution in [2.24, 2.45) is 0 Å². The fraction of sp³-hybridized carbons (Fsp3) is 0.409. The van der Waals surface area contributed by atoms with Crippen molar-refractivity contribution in [2.75, 3.05) is 27.2 Å². The zero-order chi connectivity index (χ0) is 20.9. The molecule has 29 heavy (non-hydrogen) atoms. The van der Waals surface area contributed by atoms with Gasteiger partial charge in [0.15, 0.2) is 0 Å². The molecule has 2 aromatic carbocycles. The third-order valence-electron chi connectivity index (χ3n) is 5.23. The van der Waals surface area contributed by atoms with E-state index in [2.05, 4.69) is 22.3 Å². The molecule has 7 heteroatoms. The van der Waals surface area contributed by atoms with Gasteiger partial charge in [0.1, 0.15) is 0 Å². The van der Waals surface area contributed by atoms with Crippen molar-refractivity contribution in [1.29, 1.82) is 0 Å². The lowest BCUT2D eigenvalue weighted by molar-refractivity contribution is 0.0951. The van der Waals surface area contributed by atoms with Crippen LogP contribution in [0.3, 0.4) is 0 Å². The summed E-state index contributed by atoms with van der Waals surface area (Å²) < 4.78 is 25.3. The Hall–Kier alpha value is -2.22. The summed E-state index contributed by atoms with van der Waals surface area (Å²) in [6.07, 6.45) is 3.90. The SMILES string of the molecule is CN(C)S(=O)(=O)c1ccc(C(=O)NCc2ccc(CN3CCCCC3)cc2)cc1. The predicted molar refractivity (Wildman–Crippen MR) is 114 cm³/mol. The van der Waals surface area contributed by atoms with Crippen LogP contribution in [0.2, 0.25) is 0 Å². The van der Waals surface area contributed by atoms with Crippen LogP contribution in [0.4, 0.5) is 0 Å². The third kappa shape index (κ3) is 5.65. The Morgan fingerprint density at radius 1 is 0.931 bits per heavy atom. The van der Waals surface area contributed by atoms with Gasteiger partial charge in [0.25, 0.3) is 5.91 Å². The van der Waals surface area contributed by atoms with E-state index in [-0.39, 0.29) is 10.8 Å². The Kier molecular flexibility index (Phi) is 7.05. The van der Waals surface area contributed by atoms with Gasteiger partial charge in [-0.25, -0.2) is 12.7 Å². The van der Waals surface area contributed by atoms with E-state index in [4.69, 9.17) is 0 Å². The molecule has 0 atom stereocenters. The van der Waals surface area contributed by atoms with Crippen LogP contribution >= 0.6 is 0 Å². The zero-order valence-corrected chi connectivity index (χ0v) is 17.9. The number of amides is 1. The minimum atomic E-state index is -3.49. The first-order chi connectivity index (χ1) is 13.9. The van der Waals surface area contributed by atoms with Crippen LogP contribution in [-0.2, 0) is 23.1 Å². The van der Waals surface area contributed by atoms with E-state index in [0.29, 0.717) is 12.1 Å². The molecule has 0 radical (unpaired) electrons. The molecule has 1 aliphatic heterocycles. The van der Waals surface area contributed by atoms with E-state index < -0.39 is 10.0 Å². The summed E-state index contributed by atoms with van der Waals surface area (Å²) in [6.45, 7) is 3.76. The van der Waals surface area contributed by atoms with Crippen LogP contribution in [0.25, 0.3) is 0 Å². The number of hydrogen-bond donors (Lipinski definition) is 1. The quantitative estimate of drug-likeness (QED) is 0.755. The second-order valence-corrected chi connectivity index (χ2v) is 9.80.